The summed E-state index contributed by atoms with van der Waals surface area (Å²) in [4.78, 5) is 3.42. The average Bonchev–Trinajstić information content (AvgIpc) is 3.04. The number of benzene rings is 2. The highest BCUT2D eigenvalue weighted by molar-refractivity contribution is 7.71. The maximum Gasteiger partial charge on any atom is 0.182 e. The van der Waals surface area contributed by atoms with Crippen LogP contribution in [0.4, 0.5) is 0 Å². The number of fused-ring (bicyclic) bond motifs is 1. The van der Waals surface area contributed by atoms with Gasteiger partial charge < -0.3 is 14.5 Å². The largest absolute Gasteiger partial charge is 0.497 e. The maximum atomic E-state index is 6.23. The molecule has 1 atom stereocenters. The number of hydrogen-bond donors (Lipinski definition) is 1. The highest BCUT2D eigenvalue weighted by Crippen LogP contribution is 2.40. The molecule has 0 spiro atoms. The SMILES string of the molecule is COc1ccc(-n2c3c([nH]c2=S)CCCC3c2ccc(Cl)c(OC)c2)cc1. The first-order valence-corrected chi connectivity index (χ1v) is 9.72. The van der Waals surface area contributed by atoms with E-state index in [0.717, 1.165) is 35.5 Å². The van der Waals surface area contributed by atoms with Crippen LogP contribution in [0.5, 0.6) is 11.5 Å². The highest BCUT2D eigenvalue weighted by Gasteiger charge is 2.28. The molecule has 1 unspecified atom stereocenters. The Morgan fingerprint density at radius 3 is 2.59 bits per heavy atom. The molecular weight excluding hydrogens is 380 g/mol. The van der Waals surface area contributed by atoms with E-state index < -0.39 is 0 Å². The zero-order valence-corrected chi connectivity index (χ0v) is 16.9. The summed E-state index contributed by atoms with van der Waals surface area (Å²) in [5.74, 6) is 1.76. The number of nitrogens with zero attached hydrogens (tertiary/aromatic N) is 1. The van der Waals surface area contributed by atoms with E-state index in [4.69, 9.17) is 33.3 Å². The van der Waals surface area contributed by atoms with Crippen molar-refractivity contribution in [2.45, 2.75) is 25.2 Å². The molecule has 0 radical (unpaired) electrons. The third-order valence-corrected chi connectivity index (χ3v) is 5.77. The Kier molecular flexibility index (Phi) is 4.98. The third-order valence-electron chi connectivity index (χ3n) is 5.17. The minimum atomic E-state index is 0.231. The molecule has 1 heterocycles. The molecule has 1 N–H and O–H groups in total. The molecular formula is C21H21ClN2O2S. The van der Waals surface area contributed by atoms with Crippen molar-refractivity contribution in [3.05, 3.63) is 69.2 Å². The van der Waals surface area contributed by atoms with Gasteiger partial charge in [0.05, 0.1) is 24.9 Å². The van der Waals surface area contributed by atoms with Crippen molar-refractivity contribution in [3.8, 4) is 17.2 Å². The fourth-order valence-electron chi connectivity index (χ4n) is 3.88. The predicted octanol–water partition coefficient (Wildman–Crippen LogP) is 5.67. The van der Waals surface area contributed by atoms with Crippen LogP contribution < -0.4 is 9.47 Å². The fourth-order valence-corrected chi connectivity index (χ4v) is 4.40. The van der Waals surface area contributed by atoms with Gasteiger partial charge in [-0.25, -0.2) is 0 Å². The van der Waals surface area contributed by atoms with Crippen LogP contribution in [0, 0.1) is 4.77 Å². The lowest BCUT2D eigenvalue weighted by Gasteiger charge is -2.25. The number of aromatic nitrogens is 2. The third kappa shape index (κ3) is 3.26. The van der Waals surface area contributed by atoms with E-state index in [9.17, 15) is 0 Å². The van der Waals surface area contributed by atoms with Gasteiger partial charge in [-0.15, -0.1) is 0 Å². The summed E-state index contributed by atoms with van der Waals surface area (Å²) in [5.41, 5.74) is 4.65. The maximum absolute atomic E-state index is 6.23. The summed E-state index contributed by atoms with van der Waals surface area (Å²) in [5, 5.41) is 0.623. The summed E-state index contributed by atoms with van der Waals surface area (Å²) >= 11 is 11.9. The Bertz CT molecular complexity index is 1020. The second kappa shape index (κ2) is 7.41. The van der Waals surface area contributed by atoms with Gasteiger partial charge in [0.15, 0.2) is 4.77 Å². The summed E-state index contributed by atoms with van der Waals surface area (Å²) in [6, 6.07) is 14.0. The van der Waals surface area contributed by atoms with Crippen molar-refractivity contribution in [1.29, 1.82) is 0 Å². The normalized spacial score (nSPS) is 16.0. The van der Waals surface area contributed by atoms with Crippen LogP contribution in [0.15, 0.2) is 42.5 Å². The molecule has 0 bridgehead atoms. The molecule has 0 saturated heterocycles. The molecule has 4 nitrogen and oxygen atoms in total. The Balaban J connectivity index is 1.85. The van der Waals surface area contributed by atoms with Crippen molar-refractivity contribution < 1.29 is 9.47 Å². The highest BCUT2D eigenvalue weighted by atomic mass is 35.5. The molecule has 0 aliphatic heterocycles. The number of aromatic amines is 1. The smallest absolute Gasteiger partial charge is 0.182 e. The lowest BCUT2D eigenvalue weighted by atomic mass is 9.84. The van der Waals surface area contributed by atoms with E-state index in [-0.39, 0.29) is 5.92 Å². The number of aryl methyl sites for hydroxylation is 1. The molecule has 0 saturated carbocycles. The molecule has 1 aliphatic rings. The van der Waals surface area contributed by atoms with Crippen molar-refractivity contribution >= 4 is 23.8 Å². The van der Waals surface area contributed by atoms with Gasteiger partial charge in [0.1, 0.15) is 11.5 Å². The Hall–Kier alpha value is -2.24. The second-order valence-electron chi connectivity index (χ2n) is 6.67. The van der Waals surface area contributed by atoms with Crippen molar-refractivity contribution in [2.75, 3.05) is 14.2 Å². The van der Waals surface area contributed by atoms with Gasteiger partial charge in [0, 0.05) is 17.3 Å². The first kappa shape index (κ1) is 18.1. The van der Waals surface area contributed by atoms with Gasteiger partial charge in [0.25, 0.3) is 0 Å². The Morgan fingerprint density at radius 1 is 1.11 bits per heavy atom. The summed E-state index contributed by atoms with van der Waals surface area (Å²) in [6.07, 6.45) is 3.17. The Morgan fingerprint density at radius 2 is 1.89 bits per heavy atom. The van der Waals surface area contributed by atoms with Crippen LogP contribution in [0.1, 0.15) is 35.7 Å². The molecule has 140 valence electrons. The van der Waals surface area contributed by atoms with Crippen LogP contribution in [0.3, 0.4) is 0 Å². The monoisotopic (exact) mass is 400 g/mol. The molecule has 27 heavy (non-hydrogen) atoms. The van der Waals surface area contributed by atoms with Gasteiger partial charge in [-0.05, 0) is 73.4 Å². The van der Waals surface area contributed by atoms with Crippen LogP contribution in [0.25, 0.3) is 5.69 Å². The lowest BCUT2D eigenvalue weighted by Crippen LogP contribution is -2.15. The molecule has 2 aromatic carbocycles. The quantitative estimate of drug-likeness (QED) is 0.573. The number of H-pyrrole nitrogens is 1. The number of ether oxygens (including phenoxy) is 2. The first-order valence-electron chi connectivity index (χ1n) is 8.94. The zero-order chi connectivity index (χ0) is 19.0. The van der Waals surface area contributed by atoms with Gasteiger partial charge in [-0.3, -0.25) is 4.57 Å². The number of rotatable bonds is 4. The van der Waals surface area contributed by atoms with Gasteiger partial charge >= 0.3 is 0 Å². The number of imidazole rings is 1. The summed E-state index contributed by atoms with van der Waals surface area (Å²) in [7, 11) is 3.31. The number of halogens is 1. The van der Waals surface area contributed by atoms with E-state index in [1.165, 1.54) is 17.0 Å². The van der Waals surface area contributed by atoms with Crippen molar-refractivity contribution in [2.24, 2.45) is 0 Å². The van der Waals surface area contributed by atoms with Crippen LogP contribution in [0.2, 0.25) is 5.02 Å². The predicted molar refractivity (Wildman–Crippen MR) is 110 cm³/mol. The molecule has 4 rings (SSSR count). The molecule has 3 aromatic rings. The van der Waals surface area contributed by atoms with Crippen molar-refractivity contribution in [3.63, 3.8) is 0 Å². The number of nitrogens with one attached hydrogen (secondary N) is 1. The van der Waals surface area contributed by atoms with E-state index in [2.05, 4.69) is 15.6 Å². The van der Waals surface area contributed by atoms with Gasteiger partial charge in [0.2, 0.25) is 0 Å². The van der Waals surface area contributed by atoms with E-state index in [1.54, 1.807) is 14.2 Å². The van der Waals surface area contributed by atoms with Gasteiger partial charge in [-0.1, -0.05) is 17.7 Å². The molecule has 6 heteroatoms. The van der Waals surface area contributed by atoms with Crippen molar-refractivity contribution in [1.82, 2.24) is 9.55 Å². The zero-order valence-electron chi connectivity index (χ0n) is 15.3. The minimum Gasteiger partial charge on any atom is -0.497 e. The fraction of sp³-hybridized carbons (Fsp3) is 0.286. The molecule has 0 amide bonds. The van der Waals surface area contributed by atoms with Crippen LogP contribution in [-0.2, 0) is 6.42 Å². The number of hydrogen-bond acceptors (Lipinski definition) is 3. The molecule has 0 fully saturated rings. The van der Waals surface area contributed by atoms with Gasteiger partial charge in [-0.2, -0.15) is 0 Å². The first-order chi connectivity index (χ1) is 13.1. The summed E-state index contributed by atoms with van der Waals surface area (Å²) in [6.45, 7) is 0. The minimum absolute atomic E-state index is 0.231. The summed E-state index contributed by atoms with van der Waals surface area (Å²) < 4.78 is 13.6. The molecule has 1 aromatic heterocycles. The molecule has 1 aliphatic carbocycles. The van der Waals surface area contributed by atoms with E-state index in [0.29, 0.717) is 10.8 Å². The second-order valence-corrected chi connectivity index (χ2v) is 7.46. The van der Waals surface area contributed by atoms with E-state index in [1.807, 2.05) is 36.4 Å². The van der Waals surface area contributed by atoms with Crippen LogP contribution in [-0.4, -0.2) is 23.8 Å². The Labute approximate surface area is 168 Å². The standard InChI is InChI=1S/C21H21ClN2O2S/c1-25-15-9-7-14(8-10-15)24-20-16(4-3-5-18(20)23-21(24)27)13-6-11-17(22)19(12-13)26-2/h6-12,16H,3-5H2,1-2H3,(H,23,27). The van der Waals surface area contributed by atoms with Crippen LogP contribution >= 0.6 is 23.8 Å². The lowest BCUT2D eigenvalue weighted by molar-refractivity contribution is 0.413. The topological polar surface area (TPSA) is 39.2 Å². The average molecular weight is 401 g/mol. The number of methoxy groups -OCH3 is 2. The van der Waals surface area contributed by atoms with E-state index >= 15 is 0 Å².